The van der Waals surface area contributed by atoms with Gasteiger partial charge in [0.1, 0.15) is 5.82 Å². The van der Waals surface area contributed by atoms with Crippen molar-refractivity contribution >= 4 is 17.5 Å². The lowest BCUT2D eigenvalue weighted by Gasteiger charge is -2.22. The molecule has 3 rings (SSSR count). The minimum Gasteiger partial charge on any atom is -0.337 e. The molecule has 0 atom stereocenters. The largest absolute Gasteiger partial charge is 0.337 e. The van der Waals surface area contributed by atoms with Crippen LogP contribution in [0.15, 0.2) is 48.5 Å². The van der Waals surface area contributed by atoms with Gasteiger partial charge >= 0.3 is 0 Å². The van der Waals surface area contributed by atoms with Crippen LogP contribution in [0.4, 0.5) is 10.1 Å². The third-order valence-electron chi connectivity index (χ3n) is 4.73. The van der Waals surface area contributed by atoms with E-state index in [9.17, 15) is 14.0 Å². The molecule has 2 aromatic carbocycles. The van der Waals surface area contributed by atoms with Crippen LogP contribution in [0, 0.1) is 12.7 Å². The molecule has 1 fully saturated rings. The van der Waals surface area contributed by atoms with E-state index >= 15 is 0 Å². The van der Waals surface area contributed by atoms with E-state index < -0.39 is 5.82 Å². The quantitative estimate of drug-likeness (QED) is 0.902. The molecule has 2 amide bonds. The molecule has 142 valence electrons. The number of carbonyl (C=O) groups is 2. The highest BCUT2D eigenvalue weighted by Crippen LogP contribution is 2.14. The minimum absolute atomic E-state index is 0.0609. The highest BCUT2D eigenvalue weighted by Gasteiger charge is 2.21. The fraction of sp³-hybridized carbons (Fsp3) is 0.333. The van der Waals surface area contributed by atoms with E-state index in [0.29, 0.717) is 25.2 Å². The van der Waals surface area contributed by atoms with Gasteiger partial charge in [-0.2, -0.15) is 0 Å². The van der Waals surface area contributed by atoms with Crippen LogP contribution in [0.25, 0.3) is 0 Å². The maximum atomic E-state index is 13.4. The topological polar surface area (TPSA) is 52.7 Å². The number of anilines is 1. The third-order valence-corrected chi connectivity index (χ3v) is 4.73. The second-order valence-corrected chi connectivity index (χ2v) is 6.80. The monoisotopic (exact) mass is 369 g/mol. The molecule has 1 aliphatic rings. The lowest BCUT2D eigenvalue weighted by Crippen LogP contribution is -2.38. The summed E-state index contributed by atoms with van der Waals surface area (Å²) >= 11 is 0. The van der Waals surface area contributed by atoms with Gasteiger partial charge in [0.2, 0.25) is 5.91 Å². The van der Waals surface area contributed by atoms with E-state index in [4.69, 9.17) is 0 Å². The zero-order valence-electron chi connectivity index (χ0n) is 15.5. The Bertz CT molecular complexity index is 825. The number of nitrogens with zero attached hydrogens (tertiary/aromatic N) is 2. The molecular weight excluding hydrogens is 345 g/mol. The lowest BCUT2D eigenvalue weighted by atomic mass is 10.2. The van der Waals surface area contributed by atoms with Gasteiger partial charge in [-0.3, -0.25) is 14.5 Å². The van der Waals surface area contributed by atoms with Crippen LogP contribution in [0.2, 0.25) is 0 Å². The van der Waals surface area contributed by atoms with Gasteiger partial charge < -0.3 is 10.2 Å². The summed E-state index contributed by atoms with van der Waals surface area (Å²) in [6, 6.07) is 13.4. The van der Waals surface area contributed by atoms with E-state index in [1.165, 1.54) is 12.1 Å². The number of nitrogens with one attached hydrogen (secondary N) is 1. The second-order valence-electron chi connectivity index (χ2n) is 6.80. The Morgan fingerprint density at radius 2 is 1.85 bits per heavy atom. The van der Waals surface area contributed by atoms with Crippen molar-refractivity contribution in [1.82, 2.24) is 9.80 Å². The van der Waals surface area contributed by atoms with Crippen LogP contribution in [-0.2, 0) is 4.79 Å². The number of benzene rings is 2. The molecule has 1 saturated heterocycles. The van der Waals surface area contributed by atoms with Crippen LogP contribution in [0.1, 0.15) is 22.3 Å². The first-order chi connectivity index (χ1) is 13.0. The van der Waals surface area contributed by atoms with E-state index in [2.05, 4.69) is 5.32 Å². The number of carbonyl (C=O) groups excluding carboxylic acids is 2. The van der Waals surface area contributed by atoms with Gasteiger partial charge in [0.25, 0.3) is 5.91 Å². The Kier molecular flexibility index (Phi) is 6.19. The molecule has 0 aliphatic carbocycles. The van der Waals surface area contributed by atoms with Crippen molar-refractivity contribution in [3.8, 4) is 0 Å². The number of para-hydroxylation sites is 1. The molecule has 0 spiro atoms. The Morgan fingerprint density at radius 1 is 1.04 bits per heavy atom. The van der Waals surface area contributed by atoms with E-state index in [0.717, 1.165) is 24.2 Å². The summed E-state index contributed by atoms with van der Waals surface area (Å²) in [7, 11) is 0. The van der Waals surface area contributed by atoms with Crippen molar-refractivity contribution in [3.63, 3.8) is 0 Å². The number of aryl methyl sites for hydroxylation is 1. The van der Waals surface area contributed by atoms with Crippen molar-refractivity contribution in [2.75, 3.05) is 38.0 Å². The SMILES string of the molecule is Cc1ccccc1NC(=O)CN1CCCN(C(=O)c2cccc(F)c2)CC1. The van der Waals surface area contributed by atoms with Gasteiger partial charge in [-0.15, -0.1) is 0 Å². The summed E-state index contributed by atoms with van der Waals surface area (Å²) in [5.41, 5.74) is 2.20. The summed E-state index contributed by atoms with van der Waals surface area (Å²) in [6.45, 7) is 4.72. The molecule has 0 bridgehead atoms. The van der Waals surface area contributed by atoms with Crippen molar-refractivity contribution in [1.29, 1.82) is 0 Å². The predicted molar refractivity (Wildman–Crippen MR) is 103 cm³/mol. The van der Waals surface area contributed by atoms with Gasteiger partial charge in [-0.25, -0.2) is 4.39 Å². The summed E-state index contributed by atoms with van der Waals surface area (Å²) in [5, 5.41) is 2.94. The second kappa shape index (κ2) is 8.77. The van der Waals surface area contributed by atoms with Gasteiger partial charge in [0.15, 0.2) is 0 Å². The van der Waals surface area contributed by atoms with Crippen LogP contribution in [-0.4, -0.2) is 54.3 Å². The van der Waals surface area contributed by atoms with E-state index in [1.807, 2.05) is 36.1 Å². The third kappa shape index (κ3) is 5.14. The molecule has 6 heteroatoms. The molecule has 5 nitrogen and oxygen atoms in total. The number of hydrogen-bond donors (Lipinski definition) is 1. The average Bonchev–Trinajstić information content (AvgIpc) is 2.88. The molecule has 27 heavy (non-hydrogen) atoms. The van der Waals surface area contributed by atoms with Gasteiger partial charge in [0.05, 0.1) is 6.54 Å². The fourth-order valence-corrected chi connectivity index (χ4v) is 3.24. The van der Waals surface area contributed by atoms with Crippen molar-refractivity contribution in [3.05, 3.63) is 65.5 Å². The molecular formula is C21H24FN3O2. The highest BCUT2D eigenvalue weighted by atomic mass is 19.1. The van der Waals surface area contributed by atoms with Crippen LogP contribution in [0.3, 0.4) is 0 Å². The summed E-state index contributed by atoms with van der Waals surface area (Å²) in [5.74, 6) is -0.639. The standard InChI is InChI=1S/C21H24FN3O2/c1-16-6-2-3-9-19(16)23-20(26)15-24-10-5-11-25(13-12-24)21(27)17-7-4-8-18(22)14-17/h2-4,6-9,14H,5,10-13,15H2,1H3,(H,23,26). The Hall–Kier alpha value is -2.73. The first kappa shape index (κ1) is 19.0. The molecule has 1 N–H and O–H groups in total. The Morgan fingerprint density at radius 3 is 2.63 bits per heavy atom. The number of rotatable bonds is 4. The van der Waals surface area contributed by atoms with Crippen molar-refractivity contribution in [2.24, 2.45) is 0 Å². The fourth-order valence-electron chi connectivity index (χ4n) is 3.24. The van der Waals surface area contributed by atoms with Crippen LogP contribution >= 0.6 is 0 Å². The van der Waals surface area contributed by atoms with Crippen molar-refractivity contribution < 1.29 is 14.0 Å². The molecule has 0 unspecified atom stereocenters. The number of amides is 2. The summed E-state index contributed by atoms with van der Waals surface area (Å²) in [4.78, 5) is 28.7. The lowest BCUT2D eigenvalue weighted by molar-refractivity contribution is -0.117. The average molecular weight is 369 g/mol. The minimum atomic E-state index is -0.412. The molecule has 2 aromatic rings. The molecule has 0 saturated carbocycles. The van der Waals surface area contributed by atoms with Gasteiger partial charge in [-0.1, -0.05) is 24.3 Å². The first-order valence-electron chi connectivity index (χ1n) is 9.15. The zero-order chi connectivity index (χ0) is 19.2. The first-order valence-corrected chi connectivity index (χ1v) is 9.15. The van der Waals surface area contributed by atoms with Gasteiger partial charge in [0, 0.05) is 37.4 Å². The molecule has 0 aromatic heterocycles. The summed E-state index contributed by atoms with van der Waals surface area (Å²) < 4.78 is 13.4. The smallest absolute Gasteiger partial charge is 0.254 e. The van der Waals surface area contributed by atoms with E-state index in [-0.39, 0.29) is 18.4 Å². The molecule has 1 heterocycles. The Balaban J connectivity index is 1.54. The number of hydrogen-bond acceptors (Lipinski definition) is 3. The predicted octanol–water partition coefficient (Wildman–Crippen LogP) is 2.92. The number of halogens is 1. The van der Waals surface area contributed by atoms with Crippen LogP contribution in [0.5, 0.6) is 0 Å². The van der Waals surface area contributed by atoms with Crippen molar-refractivity contribution in [2.45, 2.75) is 13.3 Å². The Labute approximate surface area is 158 Å². The molecule has 0 radical (unpaired) electrons. The van der Waals surface area contributed by atoms with Crippen LogP contribution < -0.4 is 5.32 Å². The van der Waals surface area contributed by atoms with E-state index in [1.54, 1.807) is 17.0 Å². The summed E-state index contributed by atoms with van der Waals surface area (Å²) in [6.07, 6.45) is 0.776. The maximum Gasteiger partial charge on any atom is 0.254 e. The zero-order valence-corrected chi connectivity index (χ0v) is 15.5. The normalized spacial score (nSPS) is 15.3. The van der Waals surface area contributed by atoms with Gasteiger partial charge in [-0.05, 0) is 43.2 Å². The highest BCUT2D eigenvalue weighted by molar-refractivity contribution is 5.94. The maximum absolute atomic E-state index is 13.4. The molecule has 1 aliphatic heterocycles.